The van der Waals surface area contributed by atoms with Crippen molar-refractivity contribution in [1.82, 2.24) is 0 Å². The van der Waals surface area contributed by atoms with Crippen molar-refractivity contribution in [2.75, 3.05) is 0 Å². The van der Waals surface area contributed by atoms with E-state index in [1.165, 1.54) is 70.6 Å². The molecule has 1 saturated carbocycles. The summed E-state index contributed by atoms with van der Waals surface area (Å²) in [7, 11) is 0. The molecule has 0 aromatic rings. The predicted molar refractivity (Wildman–Crippen MR) is 124 cm³/mol. The molecule has 0 heterocycles. The summed E-state index contributed by atoms with van der Waals surface area (Å²) in [6, 6.07) is 0. The summed E-state index contributed by atoms with van der Waals surface area (Å²) in [5.41, 5.74) is 0. The predicted octanol–water partition coefficient (Wildman–Crippen LogP) is 7.68. The van der Waals surface area contributed by atoms with E-state index in [-0.39, 0.29) is 12.1 Å². The Bertz CT molecular complexity index is 448. The minimum atomic E-state index is -0.838. The number of carbonyl (C=O) groups is 2. The lowest BCUT2D eigenvalue weighted by Crippen LogP contribution is -2.35. The number of rotatable bonds is 18. The van der Waals surface area contributed by atoms with E-state index in [1.54, 1.807) is 0 Å². The molecule has 1 aliphatic carbocycles. The molecule has 0 aromatic carbocycles. The maximum absolute atomic E-state index is 12.8. The van der Waals surface area contributed by atoms with Crippen LogP contribution >= 0.6 is 0 Å². The molecule has 176 valence electrons. The van der Waals surface area contributed by atoms with Crippen molar-refractivity contribution in [3.05, 3.63) is 0 Å². The number of hydrogen-bond acceptors (Lipinski definition) is 3. The van der Waals surface area contributed by atoms with Crippen molar-refractivity contribution in [2.24, 2.45) is 11.8 Å². The fourth-order valence-corrected chi connectivity index (χ4v) is 4.70. The maximum Gasteiger partial charge on any atom is 0.310 e. The highest BCUT2D eigenvalue weighted by molar-refractivity contribution is 5.81. The van der Waals surface area contributed by atoms with Crippen LogP contribution in [0.3, 0.4) is 0 Å². The van der Waals surface area contributed by atoms with Gasteiger partial charge in [0.2, 0.25) is 0 Å². The molecule has 4 heteroatoms. The quantitative estimate of drug-likeness (QED) is 0.181. The Morgan fingerprint density at radius 1 is 0.733 bits per heavy atom. The number of esters is 1. The first kappa shape index (κ1) is 27.0. The average molecular weight is 425 g/mol. The molecule has 0 radical (unpaired) electrons. The van der Waals surface area contributed by atoms with Gasteiger partial charge in [-0.05, 0) is 38.5 Å². The van der Waals surface area contributed by atoms with E-state index in [1.807, 2.05) is 0 Å². The summed E-state index contributed by atoms with van der Waals surface area (Å²) in [6.45, 7) is 4.45. The van der Waals surface area contributed by atoms with E-state index < -0.39 is 17.8 Å². The summed E-state index contributed by atoms with van der Waals surface area (Å²) < 4.78 is 5.92. The zero-order chi connectivity index (χ0) is 22.0. The normalized spacial score (nSPS) is 20.1. The molecule has 1 rings (SSSR count). The Hall–Kier alpha value is -1.06. The zero-order valence-corrected chi connectivity index (χ0v) is 19.8. The van der Waals surface area contributed by atoms with Crippen LogP contribution in [0.15, 0.2) is 0 Å². The van der Waals surface area contributed by atoms with Crippen molar-refractivity contribution in [3.63, 3.8) is 0 Å². The second-order valence-corrected chi connectivity index (χ2v) is 9.36. The van der Waals surface area contributed by atoms with E-state index in [4.69, 9.17) is 4.74 Å². The molecule has 0 aliphatic heterocycles. The van der Waals surface area contributed by atoms with Gasteiger partial charge in [0.1, 0.15) is 6.10 Å². The number of aliphatic carboxylic acids is 1. The Morgan fingerprint density at radius 2 is 1.17 bits per heavy atom. The number of ether oxygens (including phenoxy) is 1. The lowest BCUT2D eigenvalue weighted by Gasteiger charge is -2.29. The molecule has 0 bridgehead atoms. The van der Waals surface area contributed by atoms with Gasteiger partial charge >= 0.3 is 11.9 Å². The number of carboxylic acids is 1. The van der Waals surface area contributed by atoms with Crippen LogP contribution < -0.4 is 0 Å². The van der Waals surface area contributed by atoms with Gasteiger partial charge in [0.15, 0.2) is 0 Å². The Morgan fingerprint density at radius 3 is 1.67 bits per heavy atom. The molecule has 3 unspecified atom stereocenters. The Kier molecular flexibility index (Phi) is 15.8. The van der Waals surface area contributed by atoms with Crippen LogP contribution in [0.1, 0.15) is 136 Å². The van der Waals surface area contributed by atoms with Gasteiger partial charge in [-0.15, -0.1) is 0 Å². The summed E-state index contributed by atoms with van der Waals surface area (Å²) >= 11 is 0. The Labute approximate surface area is 185 Å². The smallest absolute Gasteiger partial charge is 0.310 e. The second-order valence-electron chi connectivity index (χ2n) is 9.36. The summed E-state index contributed by atoms with van der Waals surface area (Å²) in [5, 5.41) is 9.48. The second kappa shape index (κ2) is 17.6. The van der Waals surface area contributed by atoms with Gasteiger partial charge in [0, 0.05) is 0 Å². The van der Waals surface area contributed by atoms with E-state index >= 15 is 0 Å². The highest BCUT2D eigenvalue weighted by Crippen LogP contribution is 2.32. The molecule has 30 heavy (non-hydrogen) atoms. The fraction of sp³-hybridized carbons (Fsp3) is 0.923. The first-order valence-corrected chi connectivity index (χ1v) is 13.0. The minimum absolute atomic E-state index is 0.0321. The van der Waals surface area contributed by atoms with Crippen molar-refractivity contribution >= 4 is 11.9 Å². The van der Waals surface area contributed by atoms with Crippen molar-refractivity contribution in [3.8, 4) is 0 Å². The molecule has 0 spiro atoms. The topological polar surface area (TPSA) is 63.6 Å². The molecule has 4 nitrogen and oxygen atoms in total. The summed E-state index contributed by atoms with van der Waals surface area (Å²) in [5.74, 6) is -2.09. The minimum Gasteiger partial charge on any atom is -0.481 e. The van der Waals surface area contributed by atoms with E-state index in [0.29, 0.717) is 12.8 Å². The first-order chi connectivity index (χ1) is 14.6. The number of carboxylic acid groups (broad SMARTS) is 1. The number of hydrogen-bond donors (Lipinski definition) is 1. The molecular formula is C26H48O4. The number of carbonyl (C=O) groups excluding carboxylic acids is 1. The highest BCUT2D eigenvalue weighted by atomic mass is 16.5. The Balaban J connectivity index is 2.38. The average Bonchev–Trinajstić information content (AvgIpc) is 2.75. The lowest BCUT2D eigenvalue weighted by molar-refractivity contribution is -0.164. The van der Waals surface area contributed by atoms with Crippen LogP contribution in [0.5, 0.6) is 0 Å². The van der Waals surface area contributed by atoms with Crippen LogP contribution in [0, 0.1) is 11.8 Å². The van der Waals surface area contributed by atoms with Crippen LogP contribution in [0.25, 0.3) is 0 Å². The van der Waals surface area contributed by atoms with E-state index in [0.717, 1.165) is 38.5 Å². The first-order valence-electron chi connectivity index (χ1n) is 13.0. The zero-order valence-electron chi connectivity index (χ0n) is 19.8. The maximum atomic E-state index is 12.8. The van der Waals surface area contributed by atoms with Crippen molar-refractivity contribution < 1.29 is 19.4 Å². The standard InChI is InChI=1S/C26H48O4/c1-3-5-7-9-10-11-12-13-15-19-22(18-14-8-6-4-2)30-26(29)24-21-17-16-20-23(24)25(27)28/h22-24H,3-21H2,1-2H3,(H,27,28). The van der Waals surface area contributed by atoms with Crippen LogP contribution in [-0.4, -0.2) is 23.1 Å². The van der Waals surface area contributed by atoms with Gasteiger partial charge in [-0.1, -0.05) is 97.3 Å². The molecule has 3 atom stereocenters. The van der Waals surface area contributed by atoms with Gasteiger partial charge in [0.05, 0.1) is 11.8 Å². The molecule has 1 N–H and O–H groups in total. The van der Waals surface area contributed by atoms with Crippen LogP contribution in [0.4, 0.5) is 0 Å². The summed E-state index contributed by atoms with van der Waals surface area (Å²) in [4.78, 5) is 24.3. The molecule has 1 aliphatic rings. The van der Waals surface area contributed by atoms with Gasteiger partial charge in [-0.3, -0.25) is 9.59 Å². The summed E-state index contributed by atoms with van der Waals surface area (Å²) in [6.07, 6.45) is 21.2. The lowest BCUT2D eigenvalue weighted by atomic mass is 9.79. The van der Waals surface area contributed by atoms with E-state index in [9.17, 15) is 14.7 Å². The van der Waals surface area contributed by atoms with Crippen LogP contribution in [0.2, 0.25) is 0 Å². The molecule has 1 fully saturated rings. The van der Waals surface area contributed by atoms with Gasteiger partial charge in [-0.2, -0.15) is 0 Å². The van der Waals surface area contributed by atoms with Crippen LogP contribution in [-0.2, 0) is 14.3 Å². The molecule has 0 aromatic heterocycles. The molecular weight excluding hydrogens is 376 g/mol. The third-order valence-corrected chi connectivity index (χ3v) is 6.68. The third kappa shape index (κ3) is 12.0. The number of unbranched alkanes of at least 4 members (excludes halogenated alkanes) is 11. The molecule has 0 saturated heterocycles. The highest BCUT2D eigenvalue weighted by Gasteiger charge is 2.37. The van der Waals surface area contributed by atoms with Gasteiger partial charge in [0.25, 0.3) is 0 Å². The van der Waals surface area contributed by atoms with Gasteiger partial charge < -0.3 is 9.84 Å². The van der Waals surface area contributed by atoms with E-state index in [2.05, 4.69) is 13.8 Å². The third-order valence-electron chi connectivity index (χ3n) is 6.68. The monoisotopic (exact) mass is 424 g/mol. The van der Waals surface area contributed by atoms with Gasteiger partial charge in [-0.25, -0.2) is 0 Å². The molecule has 0 amide bonds. The fourth-order valence-electron chi connectivity index (χ4n) is 4.70. The SMILES string of the molecule is CCCCCCCCCCCC(CCCCCC)OC(=O)C1CCCCC1C(=O)O. The largest absolute Gasteiger partial charge is 0.481 e. The van der Waals surface area contributed by atoms with Crippen molar-refractivity contribution in [2.45, 2.75) is 142 Å². The van der Waals surface area contributed by atoms with Crippen molar-refractivity contribution in [1.29, 1.82) is 0 Å².